The van der Waals surface area contributed by atoms with E-state index in [9.17, 15) is 59.7 Å². The van der Waals surface area contributed by atoms with Gasteiger partial charge < -0.3 is 34.2 Å². The Morgan fingerprint density at radius 3 is 2.31 bits per heavy atom. The summed E-state index contributed by atoms with van der Waals surface area (Å²) < 4.78 is 28.5. The van der Waals surface area contributed by atoms with Gasteiger partial charge in [0.25, 0.3) is 15.3 Å². The van der Waals surface area contributed by atoms with Crippen molar-refractivity contribution in [1.29, 1.82) is 0 Å². The quantitative estimate of drug-likeness (QED) is 0.0663. The molecule has 0 aliphatic heterocycles. The largest absolute Gasteiger partial charge is 0.457 e. The lowest BCUT2D eigenvalue weighted by Gasteiger charge is -2.62. The molecular formula is C31H40FN3O17. The third-order valence-electron chi connectivity index (χ3n) is 11.1. The molecule has 0 aromatic heterocycles. The van der Waals surface area contributed by atoms with Crippen molar-refractivity contribution in [2.75, 3.05) is 19.8 Å². The summed E-state index contributed by atoms with van der Waals surface area (Å²) in [4.78, 5) is 96.6. The predicted molar refractivity (Wildman–Crippen MR) is 165 cm³/mol. The highest BCUT2D eigenvalue weighted by molar-refractivity contribution is 5.95. The highest BCUT2D eigenvalue weighted by atomic mass is 19.1. The lowest BCUT2D eigenvalue weighted by atomic mass is 9.45. The number of hydrogen-bond acceptors (Lipinski definition) is 17. The minimum absolute atomic E-state index is 0.0197. The summed E-state index contributed by atoms with van der Waals surface area (Å²) in [6, 6.07) is 0. The summed E-state index contributed by atoms with van der Waals surface area (Å²) in [6.07, 6.45) is -3.03. The summed E-state index contributed by atoms with van der Waals surface area (Å²) in [5.74, 6) is -5.37. The Morgan fingerprint density at radius 1 is 0.981 bits per heavy atom. The minimum atomic E-state index is -2.49. The van der Waals surface area contributed by atoms with E-state index in [0.29, 0.717) is 5.57 Å². The van der Waals surface area contributed by atoms with E-state index < -0.39 is 124 Å². The van der Waals surface area contributed by atoms with Gasteiger partial charge in [-0.15, -0.1) is 30.3 Å². The SMILES string of the molecule is C[C@]12C=CC(=O)CC1=CCC1C3C[C@@H](O)[C@](OC(=O)CCCO[N+](=O)[O-])(C(=O)COC(=O)CCCC(CO[N+](=O)[O-])O[N+](=O)[O-])[C@@]3(C)C[C@H](O)[C@@]12F. The van der Waals surface area contributed by atoms with Crippen molar-refractivity contribution in [3.05, 3.63) is 54.1 Å². The van der Waals surface area contributed by atoms with Gasteiger partial charge in [-0.25, -0.2) is 4.39 Å². The van der Waals surface area contributed by atoms with Crippen LogP contribution in [0.2, 0.25) is 0 Å². The van der Waals surface area contributed by atoms with Gasteiger partial charge in [-0.2, -0.15) is 0 Å². The number of rotatable bonds is 18. The first-order valence-corrected chi connectivity index (χ1v) is 16.5. The number of fused-ring (bicyclic) bond motifs is 5. The van der Waals surface area contributed by atoms with Gasteiger partial charge in [0, 0.05) is 36.0 Å². The van der Waals surface area contributed by atoms with Crippen molar-refractivity contribution in [2.24, 2.45) is 22.7 Å². The van der Waals surface area contributed by atoms with E-state index in [-0.39, 0.29) is 44.3 Å². The summed E-state index contributed by atoms with van der Waals surface area (Å²) in [6.45, 7) is 0.663. The first-order valence-electron chi connectivity index (χ1n) is 16.5. The van der Waals surface area contributed by atoms with Gasteiger partial charge in [0.1, 0.15) is 18.8 Å². The molecule has 21 heteroatoms. The second kappa shape index (κ2) is 15.4. The fraction of sp³-hybridized carbons (Fsp3) is 0.742. The van der Waals surface area contributed by atoms with Gasteiger partial charge in [0.05, 0.1) is 12.7 Å². The van der Waals surface area contributed by atoms with Crippen molar-refractivity contribution in [3.63, 3.8) is 0 Å². The fourth-order valence-electron chi connectivity index (χ4n) is 8.68. The predicted octanol–water partition coefficient (Wildman–Crippen LogP) is 1.67. The van der Waals surface area contributed by atoms with Crippen LogP contribution in [-0.4, -0.2) is 98.4 Å². The number of ether oxygens (including phenoxy) is 2. The van der Waals surface area contributed by atoms with Gasteiger partial charge in [0.15, 0.2) is 18.1 Å². The number of aliphatic hydroxyl groups excluding tert-OH is 2. The minimum Gasteiger partial charge on any atom is -0.457 e. The number of hydrogen-bond donors (Lipinski definition) is 2. The summed E-state index contributed by atoms with van der Waals surface area (Å²) in [7, 11) is 0. The van der Waals surface area contributed by atoms with Crippen LogP contribution in [0.15, 0.2) is 23.8 Å². The second-order valence-electron chi connectivity index (χ2n) is 13.8. The van der Waals surface area contributed by atoms with E-state index >= 15 is 4.39 Å². The lowest BCUT2D eigenvalue weighted by Crippen LogP contribution is -2.70. The molecule has 20 nitrogen and oxygen atoms in total. The van der Waals surface area contributed by atoms with Crippen LogP contribution in [0.5, 0.6) is 0 Å². The Kier molecular flexibility index (Phi) is 11.9. The van der Waals surface area contributed by atoms with E-state index in [1.807, 2.05) is 0 Å². The third kappa shape index (κ3) is 7.41. The Hall–Kier alpha value is -4.79. The topological polar surface area (TPSA) is 284 Å². The van der Waals surface area contributed by atoms with Gasteiger partial charge in [0.2, 0.25) is 11.4 Å². The number of Topliss-reactive ketones (excluding diaryl/α,β-unsaturated/α-hetero) is 1. The highest BCUT2D eigenvalue weighted by Gasteiger charge is 2.77. The first kappa shape index (κ1) is 40.0. The Bertz CT molecular complexity index is 1540. The standard InChI is InChI=1S/C31H40FN3O17/c1-28-11-10-19(36)13-18(28)8-9-21-22-14-23(37)31(29(22,2)15-24(38)30(21,28)32,51-27(41)7-4-12-49-33(42)43)25(39)17-48-26(40)6-3-5-20(52-35(46)47)16-50-34(44)45/h8,10-11,20-24,37-38H,3-7,9,12-17H2,1-2H3/t20?,21?,22?,23-,24+,28+,29+,30+,31+/m1/s1. The molecule has 4 aliphatic rings. The Morgan fingerprint density at radius 2 is 1.65 bits per heavy atom. The van der Waals surface area contributed by atoms with Gasteiger partial charge in [-0.1, -0.05) is 24.6 Å². The molecule has 0 bridgehead atoms. The molecular weight excluding hydrogens is 705 g/mol. The van der Waals surface area contributed by atoms with Crippen molar-refractivity contribution >= 4 is 23.5 Å². The van der Waals surface area contributed by atoms with Crippen LogP contribution in [0, 0.1) is 53.0 Å². The van der Waals surface area contributed by atoms with Crippen molar-refractivity contribution in [1.82, 2.24) is 0 Å². The van der Waals surface area contributed by atoms with E-state index in [0.717, 1.165) is 0 Å². The number of carbonyl (C=O) groups is 4. The van der Waals surface area contributed by atoms with Crippen molar-refractivity contribution < 1.29 is 73.0 Å². The van der Waals surface area contributed by atoms with Crippen LogP contribution >= 0.6 is 0 Å². The number of allylic oxidation sites excluding steroid dienone is 4. The van der Waals surface area contributed by atoms with Crippen LogP contribution in [0.4, 0.5) is 4.39 Å². The number of esters is 2. The molecule has 2 fully saturated rings. The molecule has 0 saturated heterocycles. The molecule has 0 amide bonds. The molecule has 0 spiro atoms. The van der Waals surface area contributed by atoms with Crippen LogP contribution in [0.1, 0.15) is 71.6 Å². The van der Waals surface area contributed by atoms with E-state index in [2.05, 4.69) is 14.5 Å². The fourth-order valence-corrected chi connectivity index (χ4v) is 8.68. The maximum atomic E-state index is 17.6. The number of alkyl halides is 1. The zero-order valence-electron chi connectivity index (χ0n) is 28.3. The summed E-state index contributed by atoms with van der Waals surface area (Å²) >= 11 is 0. The summed E-state index contributed by atoms with van der Waals surface area (Å²) in [5, 5.41) is 51.6. The van der Waals surface area contributed by atoms with E-state index in [1.165, 1.54) is 19.1 Å². The van der Waals surface area contributed by atoms with Crippen LogP contribution in [0.25, 0.3) is 0 Å². The number of carbonyl (C=O) groups excluding carboxylic acids is 4. The molecule has 2 N–H and O–H groups in total. The van der Waals surface area contributed by atoms with Crippen molar-refractivity contribution in [2.45, 2.75) is 101 Å². The average molecular weight is 746 g/mol. The second-order valence-corrected chi connectivity index (χ2v) is 13.8. The van der Waals surface area contributed by atoms with E-state index in [1.54, 1.807) is 13.0 Å². The third-order valence-corrected chi connectivity index (χ3v) is 11.1. The molecule has 0 aromatic carbocycles. The molecule has 9 atom stereocenters. The molecule has 4 rings (SSSR count). The molecule has 3 unspecified atom stereocenters. The normalized spacial score (nSPS) is 33.6. The number of ketones is 2. The van der Waals surface area contributed by atoms with Gasteiger partial charge in [-0.3, -0.25) is 19.2 Å². The molecule has 52 heavy (non-hydrogen) atoms. The number of nitrogens with zero attached hydrogens (tertiary/aromatic N) is 3. The zero-order chi connectivity index (χ0) is 38.6. The van der Waals surface area contributed by atoms with E-state index in [4.69, 9.17) is 9.47 Å². The Labute approximate surface area is 294 Å². The monoisotopic (exact) mass is 745 g/mol. The molecule has 0 heterocycles. The highest BCUT2D eigenvalue weighted by Crippen LogP contribution is 2.70. The molecule has 2 saturated carbocycles. The average Bonchev–Trinajstić information content (AvgIpc) is 3.27. The molecule has 0 radical (unpaired) electrons. The summed E-state index contributed by atoms with van der Waals surface area (Å²) in [5.41, 5.74) is -7.43. The van der Waals surface area contributed by atoms with Gasteiger partial charge in [-0.05, 0) is 57.4 Å². The molecule has 4 aliphatic carbocycles. The van der Waals surface area contributed by atoms with Crippen molar-refractivity contribution in [3.8, 4) is 0 Å². The Balaban J connectivity index is 1.57. The van der Waals surface area contributed by atoms with Gasteiger partial charge >= 0.3 is 11.9 Å². The lowest BCUT2D eigenvalue weighted by molar-refractivity contribution is -0.790. The van der Waals surface area contributed by atoms with Crippen LogP contribution in [0.3, 0.4) is 0 Å². The number of halogens is 1. The maximum absolute atomic E-state index is 17.6. The van der Waals surface area contributed by atoms with Crippen LogP contribution in [-0.2, 0) is 43.2 Å². The maximum Gasteiger partial charge on any atom is 0.306 e. The first-order chi connectivity index (χ1) is 24.3. The molecule has 288 valence electrons. The number of aliphatic hydroxyl groups is 2. The van der Waals surface area contributed by atoms with Crippen LogP contribution < -0.4 is 0 Å². The zero-order valence-corrected chi connectivity index (χ0v) is 28.3. The smallest absolute Gasteiger partial charge is 0.306 e. The molecule has 0 aromatic rings.